The Balaban J connectivity index is 2.56. The fourth-order valence-electron chi connectivity index (χ4n) is 1.79. The molecule has 0 saturated heterocycles. The van der Waals surface area contributed by atoms with Crippen LogP contribution in [0.25, 0.3) is 6.08 Å². The van der Waals surface area contributed by atoms with Crippen LogP contribution < -0.4 is 10.6 Å². The number of carbonyl (C=O) groups excluding carboxylic acids is 3. The third kappa shape index (κ3) is 5.94. The second-order valence-corrected chi connectivity index (χ2v) is 5.58. The second kappa shape index (κ2) is 8.12. The number of carbonyl (C=O) groups is 3. The summed E-state index contributed by atoms with van der Waals surface area (Å²) >= 11 is 0. The third-order valence-corrected chi connectivity index (χ3v) is 3.11. The van der Waals surface area contributed by atoms with Gasteiger partial charge in [0.2, 0.25) is 11.8 Å². The summed E-state index contributed by atoms with van der Waals surface area (Å²) in [4.78, 5) is 35.4. The maximum atomic E-state index is 12.0. The van der Waals surface area contributed by atoms with E-state index in [-0.39, 0.29) is 0 Å². The van der Waals surface area contributed by atoms with Gasteiger partial charge < -0.3 is 15.4 Å². The highest BCUT2D eigenvalue weighted by Crippen LogP contribution is 2.05. The molecule has 6 heteroatoms. The Labute approximate surface area is 135 Å². The van der Waals surface area contributed by atoms with E-state index in [2.05, 4.69) is 15.4 Å². The van der Waals surface area contributed by atoms with Gasteiger partial charge in [-0.1, -0.05) is 30.3 Å². The maximum Gasteiger partial charge on any atom is 0.330 e. The molecule has 0 aromatic heterocycles. The van der Waals surface area contributed by atoms with Crippen LogP contribution in [0.15, 0.2) is 36.4 Å². The Kier molecular flexibility index (Phi) is 6.50. The molecule has 23 heavy (non-hydrogen) atoms. The number of methoxy groups -OCH3 is 1. The van der Waals surface area contributed by atoms with E-state index in [9.17, 15) is 14.4 Å². The maximum absolute atomic E-state index is 12.0. The van der Waals surface area contributed by atoms with Gasteiger partial charge in [0, 0.05) is 6.08 Å². The molecule has 1 rings (SSSR count). The monoisotopic (exact) mass is 318 g/mol. The normalized spacial score (nSPS) is 12.5. The molecule has 6 nitrogen and oxygen atoms in total. The summed E-state index contributed by atoms with van der Waals surface area (Å²) in [5, 5.41) is 5.07. The van der Waals surface area contributed by atoms with Crippen molar-refractivity contribution in [1.82, 2.24) is 10.6 Å². The number of rotatable bonds is 6. The Morgan fingerprint density at radius 1 is 1.17 bits per heavy atom. The molecule has 2 N–H and O–H groups in total. The Morgan fingerprint density at radius 3 is 2.35 bits per heavy atom. The first-order valence-electron chi connectivity index (χ1n) is 7.20. The van der Waals surface area contributed by atoms with Gasteiger partial charge in [0.1, 0.15) is 11.6 Å². The number of ether oxygens (including phenoxy) is 1. The predicted molar refractivity (Wildman–Crippen MR) is 87.3 cm³/mol. The molecule has 0 spiro atoms. The van der Waals surface area contributed by atoms with Crippen LogP contribution in [0.4, 0.5) is 0 Å². The molecule has 1 unspecified atom stereocenters. The summed E-state index contributed by atoms with van der Waals surface area (Å²) in [6.07, 6.45) is 3.00. The van der Waals surface area contributed by atoms with Crippen molar-refractivity contribution in [3.63, 3.8) is 0 Å². The lowest BCUT2D eigenvalue weighted by Gasteiger charge is -2.25. The fourth-order valence-corrected chi connectivity index (χ4v) is 1.79. The minimum atomic E-state index is -1.16. The summed E-state index contributed by atoms with van der Waals surface area (Å²) in [6, 6.07) is 8.54. The van der Waals surface area contributed by atoms with Crippen molar-refractivity contribution in [1.29, 1.82) is 0 Å². The van der Waals surface area contributed by atoms with E-state index in [0.717, 1.165) is 5.56 Å². The molecule has 1 aromatic carbocycles. The summed E-state index contributed by atoms with van der Waals surface area (Å²) in [7, 11) is 1.25. The van der Waals surface area contributed by atoms with Crippen molar-refractivity contribution in [2.45, 2.75) is 32.4 Å². The first-order valence-corrected chi connectivity index (χ1v) is 7.20. The highest BCUT2D eigenvalue weighted by atomic mass is 16.5. The number of nitrogens with one attached hydrogen (secondary N) is 2. The van der Waals surface area contributed by atoms with Crippen LogP contribution in [0.1, 0.15) is 26.3 Å². The lowest BCUT2D eigenvalue weighted by molar-refractivity contribution is -0.149. The smallest absolute Gasteiger partial charge is 0.330 e. The van der Waals surface area contributed by atoms with Gasteiger partial charge >= 0.3 is 5.97 Å². The molecule has 0 saturated carbocycles. The average Bonchev–Trinajstić information content (AvgIpc) is 2.52. The predicted octanol–water partition coefficient (Wildman–Crippen LogP) is 1.27. The van der Waals surface area contributed by atoms with Crippen molar-refractivity contribution in [2.75, 3.05) is 7.11 Å². The molecular weight excluding hydrogens is 296 g/mol. The van der Waals surface area contributed by atoms with Crippen molar-refractivity contribution in [2.24, 2.45) is 0 Å². The van der Waals surface area contributed by atoms with Gasteiger partial charge in [-0.3, -0.25) is 9.59 Å². The fraction of sp³-hybridized carbons (Fsp3) is 0.353. The van der Waals surface area contributed by atoms with Gasteiger partial charge in [-0.2, -0.15) is 0 Å². The molecule has 0 bridgehead atoms. The molecule has 1 aromatic rings. The van der Waals surface area contributed by atoms with Crippen molar-refractivity contribution < 1.29 is 19.1 Å². The first-order chi connectivity index (χ1) is 10.8. The molecule has 124 valence electrons. The van der Waals surface area contributed by atoms with Crippen LogP contribution in [0, 0.1) is 0 Å². The van der Waals surface area contributed by atoms with Crippen molar-refractivity contribution >= 4 is 23.9 Å². The van der Waals surface area contributed by atoms with Crippen LogP contribution in [-0.4, -0.2) is 36.5 Å². The topological polar surface area (TPSA) is 84.5 Å². The number of benzene rings is 1. The molecule has 1 atom stereocenters. The summed E-state index contributed by atoms with van der Waals surface area (Å²) in [5.41, 5.74) is -0.281. The Bertz CT molecular complexity index is 594. The van der Waals surface area contributed by atoms with Crippen LogP contribution in [-0.2, 0) is 19.1 Å². The molecular formula is C17H22N2O4. The van der Waals surface area contributed by atoms with Gasteiger partial charge in [-0.25, -0.2) is 4.79 Å². The molecule has 0 fully saturated rings. The van der Waals surface area contributed by atoms with Crippen LogP contribution in [0.5, 0.6) is 0 Å². The first kappa shape index (κ1) is 18.4. The third-order valence-electron chi connectivity index (χ3n) is 3.11. The zero-order valence-corrected chi connectivity index (χ0v) is 13.8. The van der Waals surface area contributed by atoms with Gasteiger partial charge in [0.25, 0.3) is 0 Å². The van der Waals surface area contributed by atoms with Crippen molar-refractivity contribution in [3.8, 4) is 0 Å². The summed E-state index contributed by atoms with van der Waals surface area (Å²) in [5.74, 6) is -1.43. The number of esters is 1. The molecule has 0 heterocycles. The molecule has 0 aliphatic rings. The Morgan fingerprint density at radius 2 is 1.78 bits per heavy atom. The van der Waals surface area contributed by atoms with E-state index >= 15 is 0 Å². The summed E-state index contributed by atoms with van der Waals surface area (Å²) < 4.78 is 4.61. The molecule has 2 amide bonds. The van der Waals surface area contributed by atoms with E-state index in [4.69, 9.17) is 0 Å². The minimum Gasteiger partial charge on any atom is -0.467 e. The molecule has 0 aliphatic carbocycles. The zero-order chi connectivity index (χ0) is 17.5. The number of hydrogen-bond acceptors (Lipinski definition) is 4. The van der Waals surface area contributed by atoms with E-state index in [1.165, 1.54) is 34.0 Å². The highest BCUT2D eigenvalue weighted by Gasteiger charge is 2.32. The molecule has 0 radical (unpaired) electrons. The number of hydrogen-bond donors (Lipinski definition) is 2. The minimum absolute atomic E-state index is 0.396. The second-order valence-electron chi connectivity index (χ2n) is 5.58. The van der Waals surface area contributed by atoms with E-state index in [1.807, 2.05) is 30.3 Å². The van der Waals surface area contributed by atoms with Gasteiger partial charge in [0.15, 0.2) is 0 Å². The lowest BCUT2D eigenvalue weighted by Crippen LogP contribution is -2.55. The molecule has 0 aliphatic heterocycles. The standard InChI is InChI=1S/C17H22N2O4/c1-12(15(21)19-17(2,3)16(22)23-4)18-14(20)11-10-13-8-6-5-7-9-13/h5-12H,1-4H3,(H,18,20)(H,19,21). The van der Waals surface area contributed by atoms with E-state index < -0.39 is 29.4 Å². The van der Waals surface area contributed by atoms with Crippen LogP contribution in [0.3, 0.4) is 0 Å². The van der Waals surface area contributed by atoms with E-state index in [0.29, 0.717) is 0 Å². The quantitative estimate of drug-likeness (QED) is 0.611. The van der Waals surface area contributed by atoms with Gasteiger partial charge in [-0.05, 0) is 32.4 Å². The SMILES string of the molecule is COC(=O)C(C)(C)NC(=O)C(C)NC(=O)C=Cc1ccccc1. The van der Waals surface area contributed by atoms with Crippen molar-refractivity contribution in [3.05, 3.63) is 42.0 Å². The Hall–Kier alpha value is -2.63. The van der Waals surface area contributed by atoms with Crippen LogP contribution in [0.2, 0.25) is 0 Å². The van der Waals surface area contributed by atoms with E-state index in [1.54, 1.807) is 6.08 Å². The largest absolute Gasteiger partial charge is 0.467 e. The van der Waals surface area contributed by atoms with Crippen LogP contribution >= 0.6 is 0 Å². The lowest BCUT2D eigenvalue weighted by atomic mass is 10.1. The summed E-state index contributed by atoms with van der Waals surface area (Å²) in [6.45, 7) is 4.60. The zero-order valence-electron chi connectivity index (χ0n) is 13.8. The van der Waals surface area contributed by atoms with Gasteiger partial charge in [-0.15, -0.1) is 0 Å². The van der Waals surface area contributed by atoms with Gasteiger partial charge in [0.05, 0.1) is 7.11 Å². The number of amides is 2. The highest BCUT2D eigenvalue weighted by molar-refractivity contribution is 5.96. The average molecular weight is 318 g/mol.